The lowest BCUT2D eigenvalue weighted by atomic mass is 9.36. The third kappa shape index (κ3) is 8.93. The molecule has 5 rings (SSSR count). The molecule has 2 nitrogen and oxygen atoms in total. The van der Waals surface area contributed by atoms with E-state index in [1.807, 2.05) is 34.5 Å². The zero-order chi connectivity index (χ0) is 32.9. The molecule has 7 unspecified atom stereocenters. The largest absolute Gasteiger partial charge is 0.384 e. The Labute approximate surface area is 283 Å². The van der Waals surface area contributed by atoms with Gasteiger partial charge in [0.05, 0.1) is 13.3 Å². The second-order valence-corrected chi connectivity index (χ2v) is 17.0. The number of ether oxygens (including phenoxy) is 1. The number of hydrogen-bond acceptors (Lipinski definition) is 3. The molecule has 0 bridgehead atoms. The van der Waals surface area contributed by atoms with E-state index in [9.17, 15) is 4.39 Å². The van der Waals surface area contributed by atoms with Crippen molar-refractivity contribution in [2.75, 3.05) is 26.1 Å². The highest BCUT2D eigenvalue weighted by Gasteiger charge is 2.64. The molecule has 0 radical (unpaired) electrons. The quantitative estimate of drug-likeness (QED) is 0.208. The molecule has 0 aliphatic heterocycles. The number of alkyl halides is 1. The number of halogens is 2. The second-order valence-electron chi connectivity index (χ2n) is 14.5. The Morgan fingerprint density at radius 1 is 0.884 bits per heavy atom. The van der Waals surface area contributed by atoms with Gasteiger partial charge in [-0.15, -0.1) is 0 Å². The Morgan fingerprint density at radius 3 is 2.07 bits per heavy atom. The van der Waals surface area contributed by atoms with Crippen LogP contribution in [0.2, 0.25) is 0 Å². The Bertz CT molecular complexity index is 870. The summed E-state index contributed by atoms with van der Waals surface area (Å²) in [7, 11) is 3.49. The van der Waals surface area contributed by atoms with Crippen molar-refractivity contribution in [2.45, 2.75) is 139 Å². The van der Waals surface area contributed by atoms with Gasteiger partial charge in [-0.25, -0.2) is 0 Å². The first kappa shape index (κ1) is 41.1. The summed E-state index contributed by atoms with van der Waals surface area (Å²) >= 11 is 2.25. The van der Waals surface area contributed by atoms with E-state index in [2.05, 4.69) is 68.0 Å². The van der Waals surface area contributed by atoms with E-state index >= 15 is 0 Å². The molecule has 7 atom stereocenters. The van der Waals surface area contributed by atoms with Crippen molar-refractivity contribution in [3.8, 4) is 0 Å². The highest BCUT2D eigenvalue weighted by molar-refractivity contribution is 14.2. The fourth-order valence-electron chi connectivity index (χ4n) is 10.5. The summed E-state index contributed by atoms with van der Waals surface area (Å²) < 4.78 is 17.9. The molecular formula is C38H68FIO2S. The molecule has 3 fully saturated rings. The third-order valence-electron chi connectivity index (χ3n) is 12.3. The van der Waals surface area contributed by atoms with E-state index in [4.69, 9.17) is 9.53 Å². The van der Waals surface area contributed by atoms with Crippen LogP contribution in [0, 0.1) is 45.3 Å². The van der Waals surface area contributed by atoms with Crippen molar-refractivity contribution < 1.29 is 13.9 Å². The summed E-state index contributed by atoms with van der Waals surface area (Å²) in [6.07, 6.45) is 21.1. The minimum Gasteiger partial charge on any atom is -0.384 e. The second kappa shape index (κ2) is 19.1. The molecule has 5 heteroatoms. The molecule has 252 valence electrons. The van der Waals surface area contributed by atoms with Crippen molar-refractivity contribution in [1.82, 2.24) is 0 Å². The highest BCUT2D eigenvalue weighted by Crippen LogP contribution is 2.72. The summed E-state index contributed by atoms with van der Waals surface area (Å²) in [4.78, 5) is 8.00. The van der Waals surface area contributed by atoms with Gasteiger partial charge in [-0.2, -0.15) is 0 Å². The van der Waals surface area contributed by atoms with Crippen LogP contribution in [0.5, 0.6) is 0 Å². The lowest BCUT2D eigenvalue weighted by molar-refractivity contribution is -0.183. The zero-order valence-electron chi connectivity index (χ0n) is 29.8. The van der Waals surface area contributed by atoms with Gasteiger partial charge >= 0.3 is 0 Å². The average Bonchev–Trinajstić information content (AvgIpc) is 3.03. The Kier molecular flexibility index (Phi) is 18.2. The molecule has 5 aliphatic rings. The maximum Gasteiger partial charge on any atom is 0.106 e. The third-order valence-corrected chi connectivity index (χ3v) is 13.9. The van der Waals surface area contributed by atoms with Crippen molar-refractivity contribution in [3.63, 3.8) is 0 Å². The molecule has 0 aromatic carbocycles. The average molecular weight is 735 g/mol. The van der Waals surface area contributed by atoms with Crippen LogP contribution >= 0.6 is 30.1 Å². The number of carbonyl (C=O) groups is 1. The minimum atomic E-state index is -0.146. The molecule has 0 amide bonds. The normalized spacial score (nSPS) is 37.1. The number of methoxy groups -OCH3 is 1. The number of rotatable bonds is 5. The monoisotopic (exact) mass is 734 g/mol. The van der Waals surface area contributed by atoms with E-state index in [0.717, 1.165) is 49.4 Å². The number of carbonyl (C=O) groups excluding carboxylic acids is 1. The van der Waals surface area contributed by atoms with Crippen LogP contribution in [0.1, 0.15) is 139 Å². The molecule has 3 saturated carbocycles. The maximum atomic E-state index is 13.2. The predicted octanol–water partition coefficient (Wildman–Crippen LogP) is 12.7. The Morgan fingerprint density at radius 2 is 1.53 bits per heavy atom. The number of fused-ring (bicyclic) bond motifs is 5. The molecule has 0 aromatic heterocycles. The zero-order valence-corrected chi connectivity index (χ0v) is 32.7. The smallest absolute Gasteiger partial charge is 0.106 e. The van der Waals surface area contributed by atoms with E-state index in [1.165, 1.54) is 57.8 Å². The van der Waals surface area contributed by atoms with Gasteiger partial charge in [-0.05, 0) is 142 Å². The van der Waals surface area contributed by atoms with Gasteiger partial charge in [0.2, 0.25) is 0 Å². The Balaban J connectivity index is 0.000000672. The molecule has 0 N–H and O–H groups in total. The van der Waals surface area contributed by atoms with Crippen LogP contribution in [0.25, 0.3) is 0 Å². The topological polar surface area (TPSA) is 26.3 Å². The van der Waals surface area contributed by atoms with Crippen molar-refractivity contribution in [2.24, 2.45) is 45.3 Å². The van der Waals surface area contributed by atoms with Crippen LogP contribution in [-0.4, -0.2) is 32.9 Å². The summed E-state index contributed by atoms with van der Waals surface area (Å²) in [6, 6.07) is 0. The molecular weight excluding hydrogens is 666 g/mol. The molecule has 5 aliphatic carbocycles. The number of hydrogen-bond donors (Lipinski definition) is 0. The van der Waals surface area contributed by atoms with Crippen molar-refractivity contribution in [3.05, 3.63) is 23.3 Å². The van der Waals surface area contributed by atoms with Gasteiger partial charge in [0.15, 0.2) is 0 Å². The lowest BCUT2D eigenvalue weighted by Gasteiger charge is -2.69. The van der Waals surface area contributed by atoms with Crippen LogP contribution in [-0.2, 0) is 9.53 Å². The SMILES string of the molecule is C=O.CC.CC.CC12CCCCC1C1(C)CCC3C(C)(C)C(C4=CCC(CF)CC4)=CCC3(C)C1CC2.COCCSI. The van der Waals surface area contributed by atoms with E-state index in [0.29, 0.717) is 16.2 Å². The van der Waals surface area contributed by atoms with E-state index < -0.39 is 0 Å². The van der Waals surface area contributed by atoms with Gasteiger partial charge in [0, 0.05) is 12.9 Å². The standard InChI is InChI=1S/C30H47F.C3H7IOS.2C2H6.CH2O/c1-27(2)23(22-11-9-21(20-31)10-12-22)13-18-29(4)24(27)15-19-30(5)25-8-6-7-16-28(25,3)17-14-26(29)30;1-5-2-3-6-4;3*1-2/h11,13,21,24-26H,6-10,12,14-20H2,1-5H3;2-3H2,1H3;2*1-2H3;1H2. The van der Waals surface area contributed by atoms with Gasteiger partial charge in [-0.3, -0.25) is 4.39 Å². The van der Waals surface area contributed by atoms with Gasteiger partial charge in [0.1, 0.15) is 6.79 Å². The number of allylic oxidation sites excluding steroid dienone is 4. The lowest BCUT2D eigenvalue weighted by Crippen LogP contribution is -2.61. The van der Waals surface area contributed by atoms with Crippen LogP contribution in [0.15, 0.2) is 23.3 Å². The van der Waals surface area contributed by atoms with E-state index in [-0.39, 0.29) is 18.0 Å². The van der Waals surface area contributed by atoms with E-state index in [1.54, 1.807) is 27.2 Å². The van der Waals surface area contributed by atoms with Crippen molar-refractivity contribution >= 4 is 36.9 Å². The molecule has 43 heavy (non-hydrogen) atoms. The van der Waals surface area contributed by atoms with Gasteiger partial charge in [-0.1, -0.05) is 96.2 Å². The molecule has 0 aromatic rings. The fraction of sp³-hybridized carbons (Fsp3) is 0.868. The molecule has 0 spiro atoms. The van der Waals surface area contributed by atoms with Gasteiger partial charge in [0.25, 0.3) is 0 Å². The predicted molar refractivity (Wildman–Crippen MR) is 198 cm³/mol. The van der Waals surface area contributed by atoms with Crippen molar-refractivity contribution in [1.29, 1.82) is 0 Å². The molecule has 0 heterocycles. The van der Waals surface area contributed by atoms with Crippen LogP contribution in [0.3, 0.4) is 0 Å². The Hall–Kier alpha value is 0.120. The van der Waals surface area contributed by atoms with Crippen LogP contribution < -0.4 is 0 Å². The van der Waals surface area contributed by atoms with Gasteiger partial charge < -0.3 is 9.53 Å². The summed E-state index contributed by atoms with van der Waals surface area (Å²) in [5.74, 6) is 3.96. The summed E-state index contributed by atoms with van der Waals surface area (Å²) in [5, 5.41) is 0. The first-order valence-corrected chi connectivity index (χ1v) is 21.1. The summed E-state index contributed by atoms with van der Waals surface area (Å²) in [6.45, 7) is 23.9. The maximum absolute atomic E-state index is 13.2. The first-order valence-electron chi connectivity index (χ1n) is 17.5. The van der Waals surface area contributed by atoms with Crippen LogP contribution in [0.4, 0.5) is 4.39 Å². The highest BCUT2D eigenvalue weighted by atomic mass is 127. The fourth-order valence-corrected chi connectivity index (χ4v) is 11.3. The molecule has 0 saturated heterocycles. The minimum absolute atomic E-state index is 0.146. The first-order chi connectivity index (χ1) is 20.6. The summed E-state index contributed by atoms with van der Waals surface area (Å²) in [5.41, 5.74) is 5.03.